The summed E-state index contributed by atoms with van der Waals surface area (Å²) in [6.45, 7) is 13.0. The topological polar surface area (TPSA) is 408 Å². The van der Waals surface area contributed by atoms with E-state index in [-0.39, 0.29) is 18.3 Å². The minimum atomic E-state index is -5.44. The number of hydrogen-bond donors (Lipinski definition) is 11. The highest BCUT2D eigenvalue weighted by atomic mass is 32.3. The maximum absolute atomic E-state index is 14.7. The molecular weight excluding hydrogens is 1110 g/mol. The van der Waals surface area contributed by atoms with Crippen molar-refractivity contribution >= 4 is 16.4 Å². The standard InChI is InChI=1S/C54H86O27S/c1-22-39(76-45-38(64)41(33(59)26(20-56)74-45)77-44-37(63)40(70-9)32(58)25(19-55)73-44)35(61)36(62)43(72-22)78-42-34(60)27(81-82(67,68)69)21-71-46(42)75-30-13-15-50(6)24-18-29(57)54-47(65)80-52(8,31-12-14-48(2,3)79-31)53(54,66)17-16-51(54,7)23(24)10-11-28(50)49(30,4)5/h18,22-23,25-46,55-64,66H,10-17,19-21H2,1-9H3,(H,67,68,69)/p-1. The van der Waals surface area contributed by atoms with Crippen molar-refractivity contribution in [3.63, 3.8) is 0 Å². The lowest BCUT2D eigenvalue weighted by Crippen LogP contribution is -2.69. The molecule has 0 aromatic heterocycles. The third kappa shape index (κ3) is 9.71. The lowest BCUT2D eigenvalue weighted by molar-refractivity contribution is -0.389. The Balaban J connectivity index is 0.852. The average Bonchev–Trinajstić information content (AvgIpc) is 1.49. The molecular formula is C54H85O27S-. The molecule has 0 bridgehead atoms. The van der Waals surface area contributed by atoms with Gasteiger partial charge in [0, 0.05) is 7.11 Å². The van der Waals surface area contributed by atoms with E-state index >= 15 is 0 Å². The van der Waals surface area contributed by atoms with Crippen LogP contribution in [0.5, 0.6) is 0 Å². The highest BCUT2D eigenvalue weighted by molar-refractivity contribution is 7.80. The molecule has 6 aliphatic heterocycles. The van der Waals surface area contributed by atoms with Crippen molar-refractivity contribution in [2.24, 2.45) is 33.5 Å². The molecule has 0 aromatic rings. The number of ether oxygens (including phenoxy) is 11. The molecule has 6 heterocycles. The number of aliphatic hydroxyl groups excluding tert-OH is 10. The summed E-state index contributed by atoms with van der Waals surface area (Å²) in [5.41, 5.74) is -6.53. The van der Waals surface area contributed by atoms with E-state index in [9.17, 15) is 73.9 Å². The van der Waals surface area contributed by atoms with E-state index in [0.29, 0.717) is 44.9 Å². The van der Waals surface area contributed by atoms with Gasteiger partial charge in [-0.2, -0.15) is 0 Å². The molecule has 4 aliphatic carbocycles. The first kappa shape index (κ1) is 63.3. The number of carbonyl (C=O) groups excluding carboxylic acids is 1. The number of allylic oxidation sites excluding steroid dienone is 1. The molecule has 82 heavy (non-hydrogen) atoms. The van der Waals surface area contributed by atoms with Gasteiger partial charge in [0.15, 0.2) is 30.8 Å². The second kappa shape index (κ2) is 22.1. The van der Waals surface area contributed by atoms with Crippen LogP contribution in [0.1, 0.15) is 107 Å². The van der Waals surface area contributed by atoms with Gasteiger partial charge in [-0.15, -0.1) is 0 Å². The molecule has 0 aromatic carbocycles. The van der Waals surface area contributed by atoms with Crippen LogP contribution < -0.4 is 0 Å². The van der Waals surface area contributed by atoms with Gasteiger partial charge in [0.1, 0.15) is 103 Å². The Bertz CT molecular complexity index is 2490. The van der Waals surface area contributed by atoms with E-state index in [2.05, 4.69) is 11.1 Å². The van der Waals surface area contributed by atoms with Gasteiger partial charge < -0.3 is 113 Å². The minimum absolute atomic E-state index is 0.139. The van der Waals surface area contributed by atoms with E-state index in [1.807, 2.05) is 34.6 Å². The predicted molar refractivity (Wildman–Crippen MR) is 271 cm³/mol. The molecule has 3 saturated carbocycles. The first-order chi connectivity index (χ1) is 38.2. The van der Waals surface area contributed by atoms with Crippen molar-refractivity contribution in [2.45, 2.75) is 259 Å². The molecule has 10 aliphatic rings. The molecule has 27 nitrogen and oxygen atoms in total. The molecule has 28 heteroatoms. The SMILES string of the molecule is COC1C(O)C(CO)OC(OC2C(O)C(CO)OC(OC3C(C)OC(OC4C(OC5CCC6(C)C7=CC(O)C89C(=O)OC(C)(C%10CCC(C)(C)O%10)C8(O)CCC9(C)C7CCC6C5(C)C)OCC(OS(=O)(=O)[O-])C4O)C(O)C3O)C2O)C1O. The normalized spacial score (nSPS) is 53.6. The molecule has 470 valence electrons. The summed E-state index contributed by atoms with van der Waals surface area (Å²) in [7, 11) is -4.27. The van der Waals surface area contributed by atoms with Crippen molar-refractivity contribution in [1.82, 2.24) is 0 Å². The fourth-order valence-corrected chi connectivity index (χ4v) is 17.4. The van der Waals surface area contributed by atoms with E-state index in [0.717, 1.165) is 5.57 Å². The molecule has 11 N–H and O–H groups in total. The molecule has 0 radical (unpaired) electrons. The summed E-state index contributed by atoms with van der Waals surface area (Å²) >= 11 is 0. The van der Waals surface area contributed by atoms with E-state index < -0.39 is 210 Å². The first-order valence-electron chi connectivity index (χ1n) is 28.6. The molecule has 29 unspecified atom stereocenters. The maximum Gasteiger partial charge on any atom is 0.319 e. The van der Waals surface area contributed by atoms with Crippen LogP contribution in [0, 0.1) is 33.5 Å². The zero-order chi connectivity index (χ0) is 60.0. The monoisotopic (exact) mass is 1200 g/mol. The van der Waals surface area contributed by atoms with E-state index in [1.54, 1.807) is 13.0 Å². The Morgan fingerprint density at radius 3 is 1.87 bits per heavy atom. The van der Waals surface area contributed by atoms with Gasteiger partial charge in [-0.25, -0.2) is 8.42 Å². The van der Waals surface area contributed by atoms with Gasteiger partial charge in [-0.3, -0.25) is 8.98 Å². The number of hydrogen-bond acceptors (Lipinski definition) is 27. The van der Waals surface area contributed by atoms with Crippen LogP contribution in [-0.2, 0) is 71.5 Å². The molecule has 9 fully saturated rings. The van der Waals surface area contributed by atoms with Gasteiger partial charge in [-0.05, 0) is 107 Å². The Morgan fingerprint density at radius 1 is 0.671 bits per heavy atom. The number of methoxy groups -OCH3 is 1. The van der Waals surface area contributed by atoms with Gasteiger partial charge in [0.2, 0.25) is 10.4 Å². The number of esters is 1. The van der Waals surface area contributed by atoms with Crippen LogP contribution in [0.2, 0.25) is 0 Å². The van der Waals surface area contributed by atoms with Crippen molar-refractivity contribution in [1.29, 1.82) is 0 Å². The van der Waals surface area contributed by atoms with Gasteiger partial charge >= 0.3 is 5.97 Å². The largest absolute Gasteiger partial charge is 0.726 e. The molecule has 10 rings (SSSR count). The molecule has 0 amide bonds. The molecule has 1 spiro atoms. The number of fused-ring (bicyclic) bond motifs is 4. The minimum Gasteiger partial charge on any atom is -0.726 e. The Hall–Kier alpha value is -1.76. The Morgan fingerprint density at radius 2 is 1.27 bits per heavy atom. The highest BCUT2D eigenvalue weighted by Gasteiger charge is 2.87. The van der Waals surface area contributed by atoms with Crippen LogP contribution >= 0.6 is 0 Å². The van der Waals surface area contributed by atoms with Crippen molar-refractivity contribution in [2.75, 3.05) is 26.9 Å². The van der Waals surface area contributed by atoms with Crippen molar-refractivity contribution < 1.29 is 130 Å². The van der Waals surface area contributed by atoms with Crippen LogP contribution in [0.4, 0.5) is 0 Å². The summed E-state index contributed by atoms with van der Waals surface area (Å²) in [5, 5.41) is 125. The predicted octanol–water partition coefficient (Wildman–Crippen LogP) is -2.61. The third-order valence-corrected chi connectivity index (χ3v) is 21.8. The Labute approximate surface area is 475 Å². The second-order valence-corrected chi connectivity index (χ2v) is 27.5. The van der Waals surface area contributed by atoms with Gasteiger partial charge in [0.05, 0.1) is 43.7 Å². The molecule has 29 atom stereocenters. The second-order valence-electron chi connectivity index (χ2n) is 26.5. The maximum atomic E-state index is 14.7. The fraction of sp³-hybridized carbons (Fsp3) is 0.944. The summed E-state index contributed by atoms with van der Waals surface area (Å²) in [6.07, 6.45) is -29.4. The first-order valence-corrected chi connectivity index (χ1v) is 29.9. The average molecular weight is 1200 g/mol. The van der Waals surface area contributed by atoms with E-state index in [4.69, 9.17) is 52.1 Å². The quantitative estimate of drug-likeness (QED) is 0.0279. The smallest absolute Gasteiger partial charge is 0.319 e. The van der Waals surface area contributed by atoms with Gasteiger partial charge in [0.25, 0.3) is 0 Å². The number of carbonyl (C=O) groups is 1. The van der Waals surface area contributed by atoms with Crippen LogP contribution in [-0.4, -0.2) is 254 Å². The summed E-state index contributed by atoms with van der Waals surface area (Å²) in [5.74, 6) is -0.989. The highest BCUT2D eigenvalue weighted by Crippen LogP contribution is 2.77. The fourth-order valence-electron chi connectivity index (χ4n) is 17.0. The Kier molecular flexibility index (Phi) is 17.0. The summed E-state index contributed by atoms with van der Waals surface area (Å²) < 4.78 is 106. The number of aliphatic hydroxyl groups is 11. The lowest BCUT2D eigenvalue weighted by atomic mass is 9.40. The third-order valence-electron chi connectivity index (χ3n) is 21.4. The van der Waals surface area contributed by atoms with Crippen molar-refractivity contribution in [3.05, 3.63) is 11.6 Å². The van der Waals surface area contributed by atoms with Crippen LogP contribution in [0.15, 0.2) is 11.6 Å². The number of cyclic esters (lactones) is 1. The molecule has 6 saturated heterocycles. The lowest BCUT2D eigenvalue weighted by Gasteiger charge is -2.64. The summed E-state index contributed by atoms with van der Waals surface area (Å²) in [6, 6.07) is 0. The van der Waals surface area contributed by atoms with Crippen molar-refractivity contribution in [3.8, 4) is 0 Å². The summed E-state index contributed by atoms with van der Waals surface area (Å²) in [4.78, 5) is 14.7. The van der Waals surface area contributed by atoms with Gasteiger partial charge in [-0.1, -0.05) is 39.3 Å². The zero-order valence-electron chi connectivity index (χ0n) is 47.6. The zero-order valence-corrected chi connectivity index (χ0v) is 48.4. The number of rotatable bonds is 14. The van der Waals surface area contributed by atoms with E-state index in [1.165, 1.54) is 14.0 Å². The van der Waals surface area contributed by atoms with Crippen LogP contribution in [0.25, 0.3) is 0 Å². The van der Waals surface area contributed by atoms with Crippen LogP contribution in [0.3, 0.4) is 0 Å².